The zero-order valence-corrected chi connectivity index (χ0v) is 18.2. The number of aromatic nitrogens is 1. The molecular weight excluding hydrogens is 390 g/mol. The number of nitrogens with zero attached hydrogens (tertiary/aromatic N) is 1. The number of nitriles is 1. The molecule has 2 N–H and O–H groups in total. The molecule has 0 fully saturated rings. The van der Waals surface area contributed by atoms with Gasteiger partial charge in [0.1, 0.15) is 18.1 Å². The molecule has 3 rings (SSSR count). The topological polar surface area (TPSA) is 95.0 Å². The van der Waals surface area contributed by atoms with E-state index in [4.69, 9.17) is 10.00 Å². The monoisotopic (exact) mass is 417 g/mol. The number of carbonyl (C=O) groups is 1. The molecule has 0 bridgehead atoms. The maximum Gasteiger partial charge on any atom is 0.252 e. The average molecular weight is 418 g/mol. The van der Waals surface area contributed by atoms with E-state index in [-0.39, 0.29) is 11.7 Å². The van der Waals surface area contributed by atoms with E-state index in [1.54, 1.807) is 36.4 Å². The smallest absolute Gasteiger partial charge is 0.252 e. The summed E-state index contributed by atoms with van der Waals surface area (Å²) in [6.07, 6.45) is 0.698. The molecule has 0 saturated carbocycles. The zero-order chi connectivity index (χ0) is 22.8. The fourth-order valence-corrected chi connectivity index (χ4v) is 3.00. The van der Waals surface area contributed by atoms with Crippen LogP contribution in [0, 0.1) is 25.2 Å². The van der Waals surface area contributed by atoms with Crippen molar-refractivity contribution in [3.05, 3.63) is 98.5 Å². The number of hydrogen-bond acceptors (Lipinski definition) is 5. The Kier molecular flexibility index (Phi) is 8.74. The molecule has 160 valence electrons. The van der Waals surface area contributed by atoms with E-state index in [0.29, 0.717) is 23.4 Å². The first kappa shape index (κ1) is 23.6. The van der Waals surface area contributed by atoms with Crippen molar-refractivity contribution in [2.75, 3.05) is 7.05 Å². The molecule has 0 radical (unpaired) electrons. The highest BCUT2D eigenvalue weighted by atomic mass is 16.5. The van der Waals surface area contributed by atoms with Gasteiger partial charge >= 0.3 is 0 Å². The van der Waals surface area contributed by atoms with Crippen LogP contribution in [0.1, 0.15) is 51.3 Å². The Labute approximate surface area is 182 Å². The number of aldehydes is 1. The van der Waals surface area contributed by atoms with E-state index in [2.05, 4.69) is 16.4 Å². The first-order valence-electron chi connectivity index (χ1n) is 9.94. The van der Waals surface area contributed by atoms with Crippen molar-refractivity contribution >= 4 is 6.29 Å². The van der Waals surface area contributed by atoms with Crippen LogP contribution in [0.15, 0.2) is 59.4 Å². The van der Waals surface area contributed by atoms with Gasteiger partial charge in [0.2, 0.25) is 0 Å². The van der Waals surface area contributed by atoms with E-state index in [1.165, 1.54) is 0 Å². The molecule has 1 unspecified atom stereocenters. The summed E-state index contributed by atoms with van der Waals surface area (Å²) in [5.74, 6) is 0.714. The fraction of sp³-hybridized carbons (Fsp3) is 0.240. The number of benzene rings is 2. The number of pyridine rings is 1. The Hall–Kier alpha value is -3.69. The Morgan fingerprint density at radius 1 is 1.13 bits per heavy atom. The molecule has 0 spiro atoms. The normalized spacial score (nSPS) is 10.9. The number of nitrogens with one attached hydrogen (secondary N) is 2. The van der Waals surface area contributed by atoms with Crippen LogP contribution in [0.5, 0.6) is 5.75 Å². The molecule has 0 saturated heterocycles. The van der Waals surface area contributed by atoms with Gasteiger partial charge < -0.3 is 15.0 Å². The molecule has 0 aliphatic heterocycles. The van der Waals surface area contributed by atoms with Gasteiger partial charge in [0.05, 0.1) is 11.6 Å². The number of aromatic amines is 1. The minimum absolute atomic E-state index is 0.0156. The minimum Gasteiger partial charge on any atom is -0.486 e. The van der Waals surface area contributed by atoms with Crippen LogP contribution >= 0.6 is 0 Å². The number of hydrogen-bond donors (Lipinski definition) is 2. The van der Waals surface area contributed by atoms with Gasteiger partial charge in [-0.3, -0.25) is 9.59 Å². The van der Waals surface area contributed by atoms with Crippen LogP contribution in [-0.4, -0.2) is 18.3 Å². The standard InChI is InChI=1S/C16H13NO2.C9H14N2O/c1-12(15-6-2-14(11-18)3-7-15)19-16-8-4-13(10-17)5-9-16;1-6-4-7(2)11-9(12)8(6)5-10-3/h2-9,11-12H,1H3;4,10H,5H2,1-3H3,(H,11,12). The largest absolute Gasteiger partial charge is 0.486 e. The highest BCUT2D eigenvalue weighted by molar-refractivity contribution is 5.74. The molecule has 3 aromatic rings. The third-order valence-corrected chi connectivity index (χ3v) is 4.69. The van der Waals surface area contributed by atoms with Crippen molar-refractivity contribution in [1.82, 2.24) is 10.3 Å². The van der Waals surface area contributed by atoms with E-state index >= 15 is 0 Å². The molecule has 2 aromatic carbocycles. The summed E-state index contributed by atoms with van der Waals surface area (Å²) in [4.78, 5) is 24.7. The van der Waals surface area contributed by atoms with Crippen molar-refractivity contribution in [3.63, 3.8) is 0 Å². The van der Waals surface area contributed by atoms with Crippen LogP contribution in [0.25, 0.3) is 0 Å². The molecule has 0 amide bonds. The van der Waals surface area contributed by atoms with E-state index in [1.807, 2.05) is 46.0 Å². The summed E-state index contributed by atoms with van der Waals surface area (Å²) in [5, 5.41) is 11.7. The van der Waals surface area contributed by atoms with Crippen molar-refractivity contribution in [3.8, 4) is 11.8 Å². The number of rotatable bonds is 6. The summed E-state index contributed by atoms with van der Waals surface area (Å²) in [6, 6.07) is 18.3. The Morgan fingerprint density at radius 2 is 1.77 bits per heavy atom. The number of ether oxygens (including phenoxy) is 1. The molecule has 1 aromatic heterocycles. The van der Waals surface area contributed by atoms with Crippen LogP contribution in [-0.2, 0) is 6.54 Å². The van der Waals surface area contributed by atoms with Crippen LogP contribution in [0.4, 0.5) is 0 Å². The lowest BCUT2D eigenvalue weighted by molar-refractivity contribution is 0.112. The summed E-state index contributed by atoms with van der Waals surface area (Å²) >= 11 is 0. The third-order valence-electron chi connectivity index (χ3n) is 4.69. The first-order valence-corrected chi connectivity index (χ1v) is 9.94. The average Bonchev–Trinajstić information content (AvgIpc) is 2.77. The lowest BCUT2D eigenvalue weighted by Crippen LogP contribution is -2.20. The van der Waals surface area contributed by atoms with E-state index < -0.39 is 0 Å². The summed E-state index contributed by atoms with van der Waals surface area (Å²) in [5.41, 5.74) is 5.05. The zero-order valence-electron chi connectivity index (χ0n) is 18.2. The van der Waals surface area contributed by atoms with Crippen LogP contribution in [0.2, 0.25) is 0 Å². The molecule has 1 atom stereocenters. The highest BCUT2D eigenvalue weighted by Crippen LogP contribution is 2.22. The number of carbonyl (C=O) groups excluding carboxylic acids is 1. The van der Waals surface area contributed by atoms with Gasteiger partial charge in [-0.2, -0.15) is 5.26 Å². The SMILES string of the molecule is CC(Oc1ccc(C#N)cc1)c1ccc(C=O)cc1.CNCc1c(C)cc(C)[nH]c1=O. The molecule has 6 nitrogen and oxygen atoms in total. The highest BCUT2D eigenvalue weighted by Gasteiger charge is 2.07. The van der Waals surface area contributed by atoms with Crippen molar-refractivity contribution < 1.29 is 9.53 Å². The maximum atomic E-state index is 11.4. The van der Waals surface area contributed by atoms with Crippen molar-refractivity contribution in [1.29, 1.82) is 5.26 Å². The van der Waals surface area contributed by atoms with Gasteiger partial charge in [0.15, 0.2) is 0 Å². The van der Waals surface area contributed by atoms with Gasteiger partial charge in [-0.1, -0.05) is 24.3 Å². The lowest BCUT2D eigenvalue weighted by Gasteiger charge is -2.15. The Bertz CT molecular complexity index is 1090. The molecule has 0 aliphatic carbocycles. The molecular formula is C25H27N3O3. The van der Waals surface area contributed by atoms with Gasteiger partial charge in [-0.25, -0.2) is 0 Å². The Balaban J connectivity index is 0.000000245. The second-order valence-electron chi connectivity index (χ2n) is 7.15. The molecule has 31 heavy (non-hydrogen) atoms. The quantitative estimate of drug-likeness (QED) is 0.586. The third kappa shape index (κ3) is 6.95. The van der Waals surface area contributed by atoms with E-state index in [9.17, 15) is 9.59 Å². The summed E-state index contributed by atoms with van der Waals surface area (Å²) in [7, 11) is 1.83. The first-order chi connectivity index (χ1) is 14.9. The van der Waals surface area contributed by atoms with Gasteiger partial charge in [0, 0.05) is 23.4 Å². The fourth-order valence-electron chi connectivity index (χ4n) is 3.00. The second-order valence-corrected chi connectivity index (χ2v) is 7.15. The van der Waals surface area contributed by atoms with Gasteiger partial charge in [-0.15, -0.1) is 0 Å². The van der Waals surface area contributed by atoms with Crippen molar-refractivity contribution in [2.45, 2.75) is 33.4 Å². The summed E-state index contributed by atoms with van der Waals surface area (Å²) < 4.78 is 5.78. The predicted octanol–water partition coefficient (Wildman–Crippen LogP) is 4.22. The van der Waals surface area contributed by atoms with Crippen molar-refractivity contribution in [2.24, 2.45) is 0 Å². The second kappa shape index (κ2) is 11.5. The van der Waals surface area contributed by atoms with Gasteiger partial charge in [-0.05, 0) is 69.3 Å². The van der Waals surface area contributed by atoms with E-state index in [0.717, 1.165) is 28.7 Å². The van der Waals surface area contributed by atoms with Crippen LogP contribution in [0.3, 0.4) is 0 Å². The van der Waals surface area contributed by atoms with Crippen LogP contribution < -0.4 is 15.6 Å². The van der Waals surface area contributed by atoms with Gasteiger partial charge in [0.25, 0.3) is 5.56 Å². The number of aryl methyl sites for hydroxylation is 2. The summed E-state index contributed by atoms with van der Waals surface area (Å²) in [6.45, 7) is 6.40. The molecule has 1 heterocycles. The predicted molar refractivity (Wildman–Crippen MR) is 121 cm³/mol. The molecule has 0 aliphatic rings. The Morgan fingerprint density at radius 3 is 2.29 bits per heavy atom. The number of H-pyrrole nitrogens is 1. The maximum absolute atomic E-state index is 11.4. The lowest BCUT2D eigenvalue weighted by atomic mass is 10.1. The molecule has 6 heteroatoms. The minimum atomic E-state index is -0.117.